The van der Waals surface area contributed by atoms with E-state index in [1.165, 1.54) is 12.1 Å². The second kappa shape index (κ2) is 13.3. The van der Waals surface area contributed by atoms with Crippen molar-refractivity contribution in [3.63, 3.8) is 0 Å². The number of fused-ring (bicyclic) bond motifs is 1. The lowest BCUT2D eigenvalue weighted by Gasteiger charge is -2.32. The molecule has 204 valence electrons. The largest absolute Gasteiger partial charge is 0.507 e. The number of benzene rings is 2. The van der Waals surface area contributed by atoms with Crippen LogP contribution in [0.4, 0.5) is 0 Å². The maximum absolute atomic E-state index is 12.8. The van der Waals surface area contributed by atoms with Gasteiger partial charge in [-0.25, -0.2) is 5.48 Å². The van der Waals surface area contributed by atoms with Crippen molar-refractivity contribution in [3.8, 4) is 28.6 Å². The van der Waals surface area contributed by atoms with Gasteiger partial charge in [0.2, 0.25) is 5.91 Å². The molecule has 38 heavy (non-hydrogen) atoms. The van der Waals surface area contributed by atoms with Crippen LogP contribution in [0.1, 0.15) is 25.7 Å². The van der Waals surface area contributed by atoms with Gasteiger partial charge in [-0.1, -0.05) is 0 Å². The van der Waals surface area contributed by atoms with Gasteiger partial charge in [0.25, 0.3) is 0 Å². The molecule has 1 aliphatic heterocycles. The molecule has 0 spiro atoms. The highest BCUT2D eigenvalue weighted by Crippen LogP contribution is 2.31. The SMILES string of the molecule is CN1CCN(CCOc2ccc(-c3cc(=O)c4c(O)cc(OCCCCCC(=O)NO)cc4o3)cc2)CC1. The highest BCUT2D eigenvalue weighted by atomic mass is 16.5. The summed E-state index contributed by atoms with van der Waals surface area (Å²) in [7, 11) is 2.14. The molecule has 0 saturated carbocycles. The highest BCUT2D eigenvalue weighted by Gasteiger charge is 2.15. The Morgan fingerprint density at radius 3 is 2.45 bits per heavy atom. The summed E-state index contributed by atoms with van der Waals surface area (Å²) in [5, 5.41) is 19.0. The van der Waals surface area contributed by atoms with Gasteiger partial charge in [0.05, 0.1) is 6.61 Å². The monoisotopic (exact) mass is 525 g/mol. The van der Waals surface area contributed by atoms with Crippen LogP contribution in [0.2, 0.25) is 0 Å². The number of carbonyl (C=O) groups is 1. The van der Waals surface area contributed by atoms with Crippen molar-refractivity contribution in [3.05, 3.63) is 52.7 Å². The number of unbranched alkanes of at least 4 members (excludes halogenated alkanes) is 2. The standard InChI is InChI=1S/C28H35N3O7/c1-30-10-12-31(13-11-30)14-16-37-21-8-6-20(7-9-21)25-19-24(33)28-23(32)17-22(18-26(28)38-25)36-15-4-2-3-5-27(34)29-35/h6-9,17-19,32,35H,2-5,10-16H2,1H3,(H,29,34). The number of carbonyl (C=O) groups excluding carboxylic acids is 1. The number of hydroxylamine groups is 1. The Labute approximate surface area is 221 Å². The molecule has 1 saturated heterocycles. The molecule has 0 unspecified atom stereocenters. The van der Waals surface area contributed by atoms with Crippen molar-refractivity contribution in [1.82, 2.24) is 15.3 Å². The second-order valence-corrected chi connectivity index (χ2v) is 9.50. The molecule has 1 amide bonds. The molecular formula is C28H35N3O7. The molecule has 2 heterocycles. The number of rotatable bonds is 12. The van der Waals surface area contributed by atoms with Gasteiger partial charge in [-0.2, -0.15) is 0 Å². The normalized spacial score (nSPS) is 14.5. The van der Waals surface area contributed by atoms with Crippen LogP contribution in [-0.2, 0) is 4.79 Å². The van der Waals surface area contributed by atoms with Gasteiger partial charge >= 0.3 is 0 Å². The summed E-state index contributed by atoms with van der Waals surface area (Å²) in [5.74, 6) is 0.884. The van der Waals surface area contributed by atoms with Crippen molar-refractivity contribution in [1.29, 1.82) is 0 Å². The number of piperazine rings is 1. The minimum Gasteiger partial charge on any atom is -0.507 e. The minimum absolute atomic E-state index is 0.0972. The average Bonchev–Trinajstić information content (AvgIpc) is 2.91. The molecule has 4 rings (SSSR count). The number of nitrogens with one attached hydrogen (secondary N) is 1. The molecule has 0 aliphatic carbocycles. The van der Waals surface area contributed by atoms with E-state index in [1.54, 1.807) is 11.5 Å². The predicted octanol–water partition coefficient (Wildman–Crippen LogP) is 3.24. The molecule has 1 fully saturated rings. The smallest absolute Gasteiger partial charge is 0.243 e. The van der Waals surface area contributed by atoms with Crippen LogP contribution in [0.3, 0.4) is 0 Å². The fourth-order valence-electron chi connectivity index (χ4n) is 4.36. The molecule has 0 atom stereocenters. The fraction of sp³-hybridized carbons (Fsp3) is 0.429. The maximum atomic E-state index is 12.8. The van der Waals surface area contributed by atoms with Crippen LogP contribution in [0.25, 0.3) is 22.3 Å². The fourth-order valence-corrected chi connectivity index (χ4v) is 4.36. The molecule has 1 aromatic heterocycles. The maximum Gasteiger partial charge on any atom is 0.243 e. The third-order valence-corrected chi connectivity index (χ3v) is 6.64. The summed E-state index contributed by atoms with van der Waals surface area (Å²) in [4.78, 5) is 28.5. The summed E-state index contributed by atoms with van der Waals surface area (Å²) < 4.78 is 17.6. The van der Waals surface area contributed by atoms with E-state index in [1.807, 2.05) is 24.3 Å². The Morgan fingerprint density at radius 1 is 0.974 bits per heavy atom. The minimum atomic E-state index is -0.417. The van der Waals surface area contributed by atoms with E-state index >= 15 is 0 Å². The van der Waals surface area contributed by atoms with Crippen molar-refractivity contribution in [2.75, 3.05) is 53.0 Å². The van der Waals surface area contributed by atoms with Gasteiger partial charge in [0, 0.05) is 62.9 Å². The van der Waals surface area contributed by atoms with Crippen molar-refractivity contribution in [2.45, 2.75) is 25.7 Å². The number of hydrogen-bond acceptors (Lipinski definition) is 9. The number of phenols is 1. The van der Waals surface area contributed by atoms with E-state index in [-0.39, 0.29) is 28.6 Å². The zero-order valence-corrected chi connectivity index (χ0v) is 21.6. The van der Waals surface area contributed by atoms with Crippen LogP contribution >= 0.6 is 0 Å². The summed E-state index contributed by atoms with van der Waals surface area (Å²) in [6.07, 6.45) is 2.29. The van der Waals surface area contributed by atoms with E-state index in [9.17, 15) is 14.7 Å². The number of aromatic hydroxyl groups is 1. The summed E-state index contributed by atoms with van der Waals surface area (Å²) in [6, 6.07) is 11.7. The van der Waals surface area contributed by atoms with Crippen molar-refractivity contribution >= 4 is 16.9 Å². The number of phenolic OH excluding ortho intramolecular Hbond substituents is 1. The Morgan fingerprint density at radius 2 is 1.71 bits per heavy atom. The Kier molecular flexibility index (Phi) is 9.58. The molecule has 3 N–H and O–H groups in total. The van der Waals surface area contributed by atoms with E-state index in [0.29, 0.717) is 43.1 Å². The van der Waals surface area contributed by atoms with Crippen LogP contribution < -0.4 is 20.4 Å². The third kappa shape index (κ3) is 7.47. The molecule has 2 aromatic carbocycles. The Hall–Kier alpha value is -3.60. The summed E-state index contributed by atoms with van der Waals surface area (Å²) in [5.41, 5.74) is 2.21. The van der Waals surface area contributed by atoms with E-state index in [0.717, 1.165) is 44.9 Å². The predicted molar refractivity (Wildman–Crippen MR) is 143 cm³/mol. The third-order valence-electron chi connectivity index (χ3n) is 6.64. The van der Waals surface area contributed by atoms with Crippen LogP contribution in [0.15, 0.2) is 51.7 Å². The molecule has 3 aromatic rings. The van der Waals surface area contributed by atoms with Gasteiger partial charge in [-0.15, -0.1) is 0 Å². The Balaban J connectivity index is 1.36. The van der Waals surface area contributed by atoms with Gasteiger partial charge in [0.1, 0.15) is 40.6 Å². The summed E-state index contributed by atoms with van der Waals surface area (Å²) in [6.45, 7) is 6.10. The molecule has 1 aliphatic rings. The average molecular weight is 526 g/mol. The molecule has 0 radical (unpaired) electrons. The molecule has 0 bridgehead atoms. The first-order valence-corrected chi connectivity index (χ1v) is 12.9. The zero-order chi connectivity index (χ0) is 26.9. The highest BCUT2D eigenvalue weighted by molar-refractivity contribution is 5.86. The molecule has 10 heteroatoms. The van der Waals surface area contributed by atoms with Gasteiger partial charge in [0.15, 0.2) is 5.43 Å². The van der Waals surface area contributed by atoms with Gasteiger partial charge in [-0.3, -0.25) is 19.7 Å². The van der Waals surface area contributed by atoms with E-state index < -0.39 is 5.91 Å². The zero-order valence-electron chi connectivity index (χ0n) is 21.6. The Bertz CT molecular complexity index is 1270. The topological polar surface area (TPSA) is 125 Å². The van der Waals surface area contributed by atoms with Gasteiger partial charge < -0.3 is 23.9 Å². The van der Waals surface area contributed by atoms with E-state index in [2.05, 4.69) is 16.8 Å². The summed E-state index contributed by atoms with van der Waals surface area (Å²) >= 11 is 0. The number of nitrogens with zero attached hydrogens (tertiary/aromatic N) is 2. The number of likely N-dealkylation sites (N-methyl/N-ethyl adjacent to an activating group) is 1. The first-order chi connectivity index (χ1) is 18.4. The van der Waals surface area contributed by atoms with Crippen molar-refractivity contribution in [2.24, 2.45) is 0 Å². The number of amides is 1. The van der Waals surface area contributed by atoms with Crippen molar-refractivity contribution < 1.29 is 29.0 Å². The van der Waals surface area contributed by atoms with Crippen LogP contribution in [0, 0.1) is 0 Å². The second-order valence-electron chi connectivity index (χ2n) is 9.50. The van der Waals surface area contributed by atoms with Gasteiger partial charge in [-0.05, 0) is 50.6 Å². The number of hydrogen-bond donors (Lipinski definition) is 3. The molecular weight excluding hydrogens is 490 g/mol. The quantitative estimate of drug-likeness (QED) is 0.186. The van der Waals surface area contributed by atoms with Crippen LogP contribution in [-0.4, -0.2) is 79.0 Å². The molecule has 10 nitrogen and oxygen atoms in total. The lowest BCUT2D eigenvalue weighted by molar-refractivity contribution is -0.129. The van der Waals surface area contributed by atoms with Crippen LogP contribution in [0.5, 0.6) is 17.2 Å². The lowest BCUT2D eigenvalue weighted by atomic mass is 10.1. The first kappa shape index (κ1) is 27.4. The number of ether oxygens (including phenoxy) is 2. The lowest BCUT2D eigenvalue weighted by Crippen LogP contribution is -2.45. The first-order valence-electron chi connectivity index (χ1n) is 12.9. The van der Waals surface area contributed by atoms with E-state index in [4.69, 9.17) is 19.1 Å².